The molecule has 2 aromatic rings. The SMILES string of the molecule is COCCCN1C(=O)C(CC(=O)Nc2cc(C)ccc2C)SC1=Nc1ccccc1. The summed E-state index contributed by atoms with van der Waals surface area (Å²) in [5, 5.41) is 3.09. The van der Waals surface area contributed by atoms with Gasteiger partial charge in [-0.1, -0.05) is 42.1 Å². The van der Waals surface area contributed by atoms with Crippen LogP contribution >= 0.6 is 11.8 Å². The molecule has 1 atom stereocenters. The molecule has 2 amide bonds. The number of nitrogens with zero attached hydrogens (tertiary/aromatic N) is 2. The smallest absolute Gasteiger partial charge is 0.242 e. The Bertz CT molecular complexity index is 931. The molecule has 1 N–H and O–H groups in total. The predicted molar refractivity (Wildman–Crippen MR) is 122 cm³/mol. The fraction of sp³-hybridized carbons (Fsp3) is 0.348. The van der Waals surface area contributed by atoms with E-state index in [4.69, 9.17) is 4.74 Å². The minimum Gasteiger partial charge on any atom is -0.385 e. The van der Waals surface area contributed by atoms with Crippen LogP contribution in [-0.4, -0.2) is 47.4 Å². The lowest BCUT2D eigenvalue weighted by Crippen LogP contribution is -2.34. The lowest BCUT2D eigenvalue weighted by molar-refractivity contribution is -0.128. The monoisotopic (exact) mass is 425 g/mol. The molecule has 0 saturated carbocycles. The van der Waals surface area contributed by atoms with E-state index in [0.717, 1.165) is 22.5 Å². The Balaban J connectivity index is 1.73. The first kappa shape index (κ1) is 22.1. The maximum Gasteiger partial charge on any atom is 0.242 e. The van der Waals surface area contributed by atoms with Gasteiger partial charge in [0.1, 0.15) is 5.25 Å². The summed E-state index contributed by atoms with van der Waals surface area (Å²) in [7, 11) is 1.64. The quantitative estimate of drug-likeness (QED) is 0.640. The maximum absolute atomic E-state index is 13.0. The van der Waals surface area contributed by atoms with Gasteiger partial charge in [0.05, 0.1) is 5.69 Å². The summed E-state index contributed by atoms with van der Waals surface area (Å²) in [6.45, 7) is 5.01. The molecule has 1 unspecified atom stereocenters. The van der Waals surface area contributed by atoms with E-state index in [1.807, 2.05) is 62.4 Å². The summed E-state index contributed by atoms with van der Waals surface area (Å²) < 4.78 is 5.12. The summed E-state index contributed by atoms with van der Waals surface area (Å²) in [5.41, 5.74) is 3.63. The van der Waals surface area contributed by atoms with Crippen molar-refractivity contribution in [1.29, 1.82) is 0 Å². The number of methoxy groups -OCH3 is 1. The van der Waals surface area contributed by atoms with E-state index in [1.54, 1.807) is 12.0 Å². The van der Waals surface area contributed by atoms with Crippen molar-refractivity contribution in [2.45, 2.75) is 31.9 Å². The number of amidine groups is 1. The van der Waals surface area contributed by atoms with Crippen molar-refractivity contribution < 1.29 is 14.3 Å². The van der Waals surface area contributed by atoms with Crippen molar-refractivity contribution in [3.8, 4) is 0 Å². The first-order valence-corrected chi connectivity index (χ1v) is 10.8. The van der Waals surface area contributed by atoms with E-state index in [9.17, 15) is 9.59 Å². The molecule has 0 aromatic heterocycles. The molecule has 1 heterocycles. The summed E-state index contributed by atoms with van der Waals surface area (Å²) in [4.78, 5) is 32.0. The summed E-state index contributed by atoms with van der Waals surface area (Å²) in [6, 6.07) is 15.5. The van der Waals surface area contributed by atoms with Crippen LogP contribution in [0.25, 0.3) is 0 Å². The van der Waals surface area contributed by atoms with Crippen molar-refractivity contribution in [2.24, 2.45) is 4.99 Å². The molecule has 0 bridgehead atoms. The number of anilines is 1. The van der Waals surface area contributed by atoms with Crippen molar-refractivity contribution in [2.75, 3.05) is 25.6 Å². The van der Waals surface area contributed by atoms with Crippen LogP contribution in [0.15, 0.2) is 53.5 Å². The zero-order valence-corrected chi connectivity index (χ0v) is 18.4. The van der Waals surface area contributed by atoms with Crippen LogP contribution in [0.4, 0.5) is 11.4 Å². The average molecular weight is 426 g/mol. The number of carbonyl (C=O) groups is 2. The number of thioether (sulfide) groups is 1. The normalized spacial score (nSPS) is 17.6. The predicted octanol–water partition coefficient (Wildman–Crippen LogP) is 4.30. The minimum absolute atomic E-state index is 0.0816. The third-order valence-electron chi connectivity index (χ3n) is 4.77. The van der Waals surface area contributed by atoms with Gasteiger partial charge in [-0.3, -0.25) is 14.5 Å². The van der Waals surface area contributed by atoms with Crippen molar-refractivity contribution in [3.63, 3.8) is 0 Å². The van der Waals surface area contributed by atoms with Crippen LogP contribution < -0.4 is 5.32 Å². The Morgan fingerprint density at radius 3 is 2.70 bits per heavy atom. The molecule has 1 fully saturated rings. The van der Waals surface area contributed by atoms with Gasteiger partial charge in [-0.2, -0.15) is 0 Å². The second-order valence-corrected chi connectivity index (χ2v) is 8.41. The van der Waals surface area contributed by atoms with E-state index in [2.05, 4.69) is 10.3 Å². The second kappa shape index (κ2) is 10.4. The van der Waals surface area contributed by atoms with E-state index < -0.39 is 5.25 Å². The zero-order chi connectivity index (χ0) is 21.5. The molecule has 1 saturated heterocycles. The van der Waals surface area contributed by atoms with Crippen LogP contribution in [0.2, 0.25) is 0 Å². The fourth-order valence-corrected chi connectivity index (χ4v) is 4.33. The molecule has 6 nitrogen and oxygen atoms in total. The summed E-state index contributed by atoms with van der Waals surface area (Å²) in [6.07, 6.45) is 0.809. The van der Waals surface area contributed by atoms with Crippen LogP contribution in [0.3, 0.4) is 0 Å². The lowest BCUT2D eigenvalue weighted by atomic mass is 10.1. The number of aliphatic imine (C=N–C) groups is 1. The van der Waals surface area contributed by atoms with Gasteiger partial charge in [-0.25, -0.2) is 4.99 Å². The average Bonchev–Trinajstić information content (AvgIpc) is 3.00. The van der Waals surface area contributed by atoms with Gasteiger partial charge < -0.3 is 10.1 Å². The molecule has 2 aromatic carbocycles. The van der Waals surface area contributed by atoms with Gasteiger partial charge in [0.25, 0.3) is 0 Å². The molecule has 0 spiro atoms. The largest absolute Gasteiger partial charge is 0.385 e. The number of hydrogen-bond donors (Lipinski definition) is 1. The first-order valence-electron chi connectivity index (χ1n) is 9.95. The highest BCUT2D eigenvalue weighted by molar-refractivity contribution is 8.15. The van der Waals surface area contributed by atoms with Gasteiger partial charge in [-0.05, 0) is 49.6 Å². The molecule has 3 rings (SSSR count). The van der Waals surface area contributed by atoms with Crippen molar-refractivity contribution in [1.82, 2.24) is 4.90 Å². The Labute approximate surface area is 181 Å². The Morgan fingerprint density at radius 2 is 1.97 bits per heavy atom. The minimum atomic E-state index is -0.486. The topological polar surface area (TPSA) is 71.0 Å². The number of rotatable bonds is 8. The van der Waals surface area contributed by atoms with Crippen molar-refractivity contribution in [3.05, 3.63) is 59.7 Å². The van der Waals surface area contributed by atoms with Gasteiger partial charge in [0, 0.05) is 32.4 Å². The standard InChI is InChI=1S/C23H27N3O3S/c1-16-10-11-17(2)19(14-16)25-21(27)15-20-22(28)26(12-7-13-29-3)23(30-20)24-18-8-5-4-6-9-18/h4-6,8-11,14,20H,7,12-13,15H2,1-3H3,(H,25,27). The highest BCUT2D eigenvalue weighted by Crippen LogP contribution is 2.32. The van der Waals surface area contributed by atoms with E-state index >= 15 is 0 Å². The number of para-hydroxylation sites is 1. The summed E-state index contributed by atoms with van der Waals surface area (Å²) >= 11 is 1.35. The molecule has 1 aliphatic rings. The van der Waals surface area contributed by atoms with Crippen LogP contribution in [0, 0.1) is 13.8 Å². The lowest BCUT2D eigenvalue weighted by Gasteiger charge is -2.16. The maximum atomic E-state index is 13.0. The number of carbonyl (C=O) groups excluding carboxylic acids is 2. The Hall–Kier alpha value is -2.64. The molecule has 158 valence electrons. The molecule has 30 heavy (non-hydrogen) atoms. The number of aryl methyl sites for hydroxylation is 2. The van der Waals surface area contributed by atoms with Gasteiger partial charge >= 0.3 is 0 Å². The third-order valence-corrected chi connectivity index (χ3v) is 5.94. The summed E-state index contributed by atoms with van der Waals surface area (Å²) in [5.74, 6) is -0.255. The van der Waals surface area contributed by atoms with Crippen LogP contribution in [0.5, 0.6) is 0 Å². The number of benzene rings is 2. The van der Waals surface area contributed by atoms with Crippen molar-refractivity contribution >= 4 is 40.1 Å². The Morgan fingerprint density at radius 1 is 1.20 bits per heavy atom. The zero-order valence-electron chi connectivity index (χ0n) is 17.6. The number of nitrogens with one attached hydrogen (secondary N) is 1. The third kappa shape index (κ3) is 5.70. The van der Waals surface area contributed by atoms with Crippen LogP contribution in [-0.2, 0) is 14.3 Å². The fourth-order valence-electron chi connectivity index (χ4n) is 3.15. The van der Waals surface area contributed by atoms with Gasteiger partial charge in [-0.15, -0.1) is 0 Å². The highest BCUT2D eigenvalue weighted by Gasteiger charge is 2.38. The van der Waals surface area contributed by atoms with E-state index in [0.29, 0.717) is 24.7 Å². The van der Waals surface area contributed by atoms with E-state index in [-0.39, 0.29) is 18.2 Å². The molecule has 0 aliphatic carbocycles. The first-order chi connectivity index (χ1) is 14.5. The number of ether oxygens (including phenoxy) is 1. The number of hydrogen-bond acceptors (Lipinski definition) is 5. The number of amides is 2. The van der Waals surface area contributed by atoms with Crippen LogP contribution in [0.1, 0.15) is 24.0 Å². The highest BCUT2D eigenvalue weighted by atomic mass is 32.2. The molecule has 0 radical (unpaired) electrons. The van der Waals surface area contributed by atoms with Gasteiger partial charge in [0.2, 0.25) is 11.8 Å². The van der Waals surface area contributed by atoms with E-state index in [1.165, 1.54) is 11.8 Å². The second-order valence-electron chi connectivity index (χ2n) is 7.24. The molecule has 7 heteroatoms. The Kier molecular flexibility index (Phi) is 7.65. The molecule has 1 aliphatic heterocycles. The molecular formula is C23H27N3O3S. The molecular weight excluding hydrogens is 398 g/mol. The van der Waals surface area contributed by atoms with Gasteiger partial charge in [0.15, 0.2) is 5.17 Å².